The van der Waals surface area contributed by atoms with E-state index in [4.69, 9.17) is 5.73 Å². The third-order valence-electron chi connectivity index (χ3n) is 4.57. The van der Waals surface area contributed by atoms with Crippen molar-refractivity contribution in [2.75, 3.05) is 0 Å². The van der Waals surface area contributed by atoms with Crippen LogP contribution in [0.5, 0.6) is 0 Å². The minimum Gasteiger partial charge on any atom is -0.771 e. The summed E-state index contributed by atoms with van der Waals surface area (Å²) in [6, 6.07) is 9.98. The summed E-state index contributed by atoms with van der Waals surface area (Å²) in [5.41, 5.74) is 9.37. The van der Waals surface area contributed by atoms with Crippen molar-refractivity contribution >= 4 is 15.8 Å². The van der Waals surface area contributed by atoms with Gasteiger partial charge in [0.1, 0.15) is 0 Å². The van der Waals surface area contributed by atoms with Crippen molar-refractivity contribution in [3.8, 4) is 22.3 Å². The zero-order valence-corrected chi connectivity index (χ0v) is 14.8. The van der Waals surface area contributed by atoms with Gasteiger partial charge in [0.2, 0.25) is 10.0 Å². The van der Waals surface area contributed by atoms with E-state index in [-0.39, 0.29) is 9.36 Å². The van der Waals surface area contributed by atoms with Gasteiger partial charge in [-0.3, -0.25) is 9.26 Å². The van der Waals surface area contributed by atoms with Gasteiger partial charge < -0.3 is 10.9 Å². The summed E-state index contributed by atoms with van der Waals surface area (Å²) in [7, 11) is -4.33. The van der Waals surface area contributed by atoms with E-state index >= 15 is 0 Å². The molecule has 2 aromatic carbocycles. The van der Waals surface area contributed by atoms with Gasteiger partial charge in [-0.2, -0.15) is 0 Å². The highest BCUT2D eigenvalue weighted by atomic mass is 32.2. The molecular weight excluding hydrogens is 340 g/mol. The van der Waals surface area contributed by atoms with Gasteiger partial charge in [-0.1, -0.05) is 37.3 Å². The number of rotatable bonds is 6. The molecule has 0 fully saturated rings. The number of hydrogen-bond acceptors (Lipinski definition) is 5. The van der Waals surface area contributed by atoms with E-state index in [1.54, 1.807) is 13.0 Å². The lowest BCUT2D eigenvalue weighted by Gasteiger charge is -2.34. The Hall–Kier alpha value is -2.06. The topological polar surface area (TPSA) is 104 Å². The molecule has 0 aliphatic heterocycles. The summed E-state index contributed by atoms with van der Waals surface area (Å²) in [4.78, 5) is 11.9. The normalized spacial score (nSPS) is 15.1. The quantitative estimate of drug-likeness (QED) is 0.681. The maximum atomic E-state index is 12.6. The van der Waals surface area contributed by atoms with Crippen LogP contribution in [0.2, 0.25) is 0 Å². The molecular formula is C18H19N2O4S-. The molecule has 0 heterocycles. The van der Waals surface area contributed by atoms with Crippen molar-refractivity contribution < 1.29 is 13.2 Å². The largest absolute Gasteiger partial charge is 0.771 e. The first-order chi connectivity index (χ1) is 11.8. The van der Waals surface area contributed by atoms with Crippen molar-refractivity contribution in [2.45, 2.75) is 37.2 Å². The van der Waals surface area contributed by atoms with E-state index in [2.05, 4.69) is 0 Å². The number of benzene rings is 2. The fourth-order valence-electron chi connectivity index (χ4n) is 2.96. The van der Waals surface area contributed by atoms with E-state index in [0.717, 1.165) is 22.3 Å². The molecule has 2 unspecified atom stereocenters. The first kappa shape index (κ1) is 17.8. The van der Waals surface area contributed by atoms with Crippen molar-refractivity contribution in [1.29, 1.82) is 0 Å². The zero-order chi connectivity index (χ0) is 18.4. The van der Waals surface area contributed by atoms with Crippen LogP contribution >= 0.6 is 0 Å². The molecule has 2 aromatic rings. The van der Waals surface area contributed by atoms with E-state index in [9.17, 15) is 18.4 Å². The van der Waals surface area contributed by atoms with E-state index in [1.165, 1.54) is 19.1 Å². The van der Waals surface area contributed by atoms with Gasteiger partial charge in [-0.05, 0) is 47.7 Å². The van der Waals surface area contributed by atoms with Crippen LogP contribution in [0, 0.1) is 5.21 Å². The molecule has 132 valence electrons. The van der Waals surface area contributed by atoms with E-state index in [0.29, 0.717) is 6.42 Å². The fraction of sp³-hybridized carbons (Fsp3) is 0.278. The standard InChI is InChI=1S/C18H19N2O4S/c1-3-17(19)18(21)11(2)20(22)25(23,24)12-8-9-15-13-6-4-5-7-14(13)16(15)10-12/h4-11,17H,3,19H2,1-2H3/q-1. The Morgan fingerprint density at radius 1 is 1.12 bits per heavy atom. The minimum atomic E-state index is -4.33. The van der Waals surface area contributed by atoms with E-state index in [1.807, 2.05) is 24.3 Å². The number of nitrogens with two attached hydrogens (primary N) is 1. The third-order valence-corrected chi connectivity index (χ3v) is 6.21. The van der Waals surface area contributed by atoms with Crippen LogP contribution in [0.4, 0.5) is 0 Å². The average molecular weight is 359 g/mol. The smallest absolute Gasteiger partial charge is 0.232 e. The van der Waals surface area contributed by atoms with Crippen LogP contribution in [0.1, 0.15) is 20.3 Å². The first-order valence-corrected chi connectivity index (χ1v) is 9.47. The molecule has 0 saturated carbocycles. The summed E-state index contributed by atoms with van der Waals surface area (Å²) >= 11 is 0. The predicted octanol–water partition coefficient (Wildman–Crippen LogP) is 2.52. The number of carbonyl (C=O) groups excluding carboxylic acids is 1. The number of sulfonamides is 1. The summed E-state index contributed by atoms with van der Waals surface area (Å²) < 4.78 is 25.1. The van der Waals surface area contributed by atoms with Crippen LogP contribution in [0.25, 0.3) is 22.3 Å². The molecule has 1 aliphatic rings. The molecule has 6 nitrogen and oxygen atoms in total. The number of fused-ring (bicyclic) bond motifs is 4. The zero-order valence-electron chi connectivity index (χ0n) is 14.0. The Morgan fingerprint density at radius 3 is 2.28 bits per heavy atom. The molecule has 0 saturated heterocycles. The van der Waals surface area contributed by atoms with Gasteiger partial charge in [0.25, 0.3) is 0 Å². The van der Waals surface area contributed by atoms with Crippen molar-refractivity contribution in [1.82, 2.24) is 4.47 Å². The minimum absolute atomic E-state index is 0.125. The number of ketones is 1. The molecule has 0 aromatic heterocycles. The SMILES string of the molecule is CCC(N)C(=O)C(C)N([O-])S(=O)(=O)c1ccc2c(c1)-c1ccccc1-2. The van der Waals surface area contributed by atoms with Gasteiger partial charge in [-0.25, -0.2) is 8.42 Å². The van der Waals surface area contributed by atoms with Crippen molar-refractivity contribution in [3.05, 3.63) is 47.7 Å². The second-order valence-corrected chi connectivity index (χ2v) is 7.89. The molecule has 3 rings (SSSR count). The molecule has 0 spiro atoms. The Morgan fingerprint density at radius 2 is 1.68 bits per heavy atom. The molecule has 25 heavy (non-hydrogen) atoms. The Kier molecular flexibility index (Phi) is 4.51. The number of hydrogen-bond donors (Lipinski definition) is 1. The fourth-order valence-corrected chi connectivity index (χ4v) is 4.19. The lowest BCUT2D eigenvalue weighted by Crippen LogP contribution is -2.46. The highest BCUT2D eigenvalue weighted by molar-refractivity contribution is 7.89. The van der Waals surface area contributed by atoms with Crippen LogP contribution in [0.15, 0.2) is 47.4 Å². The summed E-state index contributed by atoms with van der Waals surface area (Å²) in [5.74, 6) is -0.588. The molecule has 7 heteroatoms. The van der Waals surface area contributed by atoms with Crippen LogP contribution in [-0.4, -0.2) is 30.8 Å². The molecule has 0 radical (unpaired) electrons. The Balaban J connectivity index is 1.91. The van der Waals surface area contributed by atoms with Crippen molar-refractivity contribution in [3.63, 3.8) is 0 Å². The first-order valence-electron chi connectivity index (χ1n) is 8.03. The molecule has 2 N–H and O–H groups in total. The predicted molar refractivity (Wildman–Crippen MR) is 96.0 cm³/mol. The molecule has 0 amide bonds. The van der Waals surface area contributed by atoms with Crippen LogP contribution in [-0.2, 0) is 14.8 Å². The molecule has 1 aliphatic carbocycles. The summed E-state index contributed by atoms with van der Waals surface area (Å²) in [5, 5.41) is 12.3. The number of Topliss-reactive ketones (excluding diaryl/α,β-unsaturated/α-hetero) is 1. The lowest BCUT2D eigenvalue weighted by atomic mass is 9.81. The highest BCUT2D eigenvalue weighted by Crippen LogP contribution is 2.47. The van der Waals surface area contributed by atoms with E-state index < -0.39 is 27.9 Å². The van der Waals surface area contributed by atoms with Gasteiger partial charge >= 0.3 is 0 Å². The van der Waals surface area contributed by atoms with Crippen LogP contribution in [0.3, 0.4) is 0 Å². The number of carbonyl (C=O) groups is 1. The molecule has 0 bridgehead atoms. The van der Waals surface area contributed by atoms with Gasteiger partial charge in [0, 0.05) is 0 Å². The molecule has 2 atom stereocenters. The second kappa shape index (κ2) is 6.34. The maximum absolute atomic E-state index is 12.6. The monoisotopic (exact) mass is 359 g/mol. The number of hydroxylamine groups is 1. The lowest BCUT2D eigenvalue weighted by molar-refractivity contribution is -0.123. The van der Waals surface area contributed by atoms with Gasteiger partial charge in [0.15, 0.2) is 5.78 Å². The average Bonchev–Trinajstić information content (AvgIpc) is 2.62. The van der Waals surface area contributed by atoms with Crippen molar-refractivity contribution in [2.24, 2.45) is 5.73 Å². The maximum Gasteiger partial charge on any atom is 0.232 e. The van der Waals surface area contributed by atoms with Gasteiger partial charge in [-0.15, -0.1) is 0 Å². The third kappa shape index (κ3) is 2.79. The van der Waals surface area contributed by atoms with Gasteiger partial charge in [0.05, 0.1) is 17.0 Å². The summed E-state index contributed by atoms with van der Waals surface area (Å²) in [6.07, 6.45) is 0.340. The second-order valence-electron chi connectivity index (χ2n) is 6.11. The highest BCUT2D eigenvalue weighted by Gasteiger charge is 2.30. The summed E-state index contributed by atoms with van der Waals surface area (Å²) in [6.45, 7) is 2.96. The number of nitrogens with zero attached hydrogens (tertiary/aromatic N) is 1. The Labute approximate surface area is 146 Å². The Bertz CT molecular complexity index is 940. The van der Waals surface area contributed by atoms with Crippen LogP contribution < -0.4 is 5.73 Å².